The molecule has 1 aromatic carbocycles. The summed E-state index contributed by atoms with van der Waals surface area (Å²) in [5.41, 5.74) is 2.56. The predicted molar refractivity (Wildman–Crippen MR) is 84.6 cm³/mol. The number of amides is 1. The molecule has 2 aromatic rings. The molecule has 116 valence electrons. The number of rotatable bonds is 4. The number of imidazole rings is 1. The van der Waals surface area contributed by atoms with Crippen molar-refractivity contribution < 1.29 is 9.90 Å². The summed E-state index contributed by atoms with van der Waals surface area (Å²) >= 11 is 0. The summed E-state index contributed by atoms with van der Waals surface area (Å²) in [5.74, 6) is 0.675. The molecule has 0 aliphatic carbocycles. The first-order valence-corrected chi connectivity index (χ1v) is 7.85. The van der Waals surface area contributed by atoms with E-state index in [1.807, 2.05) is 30.3 Å². The van der Waals surface area contributed by atoms with Crippen LogP contribution in [0.2, 0.25) is 0 Å². The Labute approximate surface area is 130 Å². The number of hydrogen-bond acceptors (Lipinski definition) is 3. The van der Waals surface area contributed by atoms with Crippen LogP contribution in [0.1, 0.15) is 35.4 Å². The molecule has 0 saturated heterocycles. The fourth-order valence-corrected chi connectivity index (χ4v) is 2.96. The first-order chi connectivity index (χ1) is 10.8. The van der Waals surface area contributed by atoms with Crippen molar-refractivity contribution in [1.82, 2.24) is 14.9 Å². The second-order valence-electron chi connectivity index (χ2n) is 5.54. The first-order valence-electron chi connectivity index (χ1n) is 7.85. The molecule has 3 rings (SSSR count). The fourth-order valence-electron chi connectivity index (χ4n) is 2.96. The first kappa shape index (κ1) is 14.8. The molecule has 5 heteroatoms. The van der Waals surface area contributed by atoms with Crippen molar-refractivity contribution in [2.24, 2.45) is 0 Å². The quantitative estimate of drug-likeness (QED) is 0.907. The van der Waals surface area contributed by atoms with E-state index in [0.717, 1.165) is 42.9 Å². The molecule has 5 nitrogen and oxygen atoms in total. The van der Waals surface area contributed by atoms with Crippen LogP contribution in [0, 0.1) is 0 Å². The van der Waals surface area contributed by atoms with E-state index in [1.165, 1.54) is 6.42 Å². The molecule has 2 N–H and O–H groups in total. The van der Waals surface area contributed by atoms with Crippen molar-refractivity contribution >= 4 is 5.91 Å². The van der Waals surface area contributed by atoms with Gasteiger partial charge in [0.15, 0.2) is 0 Å². The smallest absolute Gasteiger partial charge is 0.271 e. The fraction of sp³-hybridized carbons (Fsp3) is 0.412. The van der Waals surface area contributed by atoms with Crippen molar-refractivity contribution in [3.63, 3.8) is 0 Å². The molecule has 0 spiro atoms. The number of fused-ring (bicyclic) bond motifs is 1. The van der Waals surface area contributed by atoms with Crippen LogP contribution in [0.4, 0.5) is 0 Å². The van der Waals surface area contributed by atoms with Gasteiger partial charge in [-0.3, -0.25) is 4.79 Å². The second-order valence-corrected chi connectivity index (χ2v) is 5.54. The lowest BCUT2D eigenvalue weighted by molar-refractivity contribution is 0.0939. The lowest BCUT2D eigenvalue weighted by Crippen LogP contribution is -2.27. The molecule has 22 heavy (non-hydrogen) atoms. The summed E-state index contributed by atoms with van der Waals surface area (Å²) in [5, 5.41) is 11.6. The maximum Gasteiger partial charge on any atom is 0.271 e. The number of hydrogen-bond donors (Lipinski definition) is 2. The van der Waals surface area contributed by atoms with E-state index >= 15 is 0 Å². The number of aromatic nitrogens is 2. The number of benzene rings is 1. The molecule has 0 bridgehead atoms. The van der Waals surface area contributed by atoms with Gasteiger partial charge < -0.3 is 15.0 Å². The van der Waals surface area contributed by atoms with Crippen LogP contribution in [0.5, 0.6) is 0 Å². The minimum absolute atomic E-state index is 0.0622. The highest BCUT2D eigenvalue weighted by Gasteiger charge is 2.23. The van der Waals surface area contributed by atoms with Gasteiger partial charge in [0, 0.05) is 18.7 Å². The Hall–Kier alpha value is -2.14. The van der Waals surface area contributed by atoms with Crippen LogP contribution in [0.3, 0.4) is 0 Å². The minimum Gasteiger partial charge on any atom is -0.395 e. The largest absolute Gasteiger partial charge is 0.395 e. The number of carbonyl (C=O) groups excluding carboxylic acids is 1. The molecule has 0 atom stereocenters. The summed E-state index contributed by atoms with van der Waals surface area (Å²) < 4.78 is 2.19. The van der Waals surface area contributed by atoms with Gasteiger partial charge in [0.05, 0.1) is 12.3 Å². The average Bonchev–Trinajstić information content (AvgIpc) is 2.75. The van der Waals surface area contributed by atoms with Gasteiger partial charge in [-0.15, -0.1) is 0 Å². The van der Waals surface area contributed by atoms with E-state index in [2.05, 4.69) is 14.9 Å². The van der Waals surface area contributed by atoms with Crippen LogP contribution in [-0.2, 0) is 13.0 Å². The topological polar surface area (TPSA) is 67.2 Å². The normalized spacial score (nSPS) is 14.2. The van der Waals surface area contributed by atoms with Crippen LogP contribution in [-0.4, -0.2) is 33.7 Å². The molecular weight excluding hydrogens is 278 g/mol. The molecular formula is C17H21N3O2. The van der Waals surface area contributed by atoms with Crippen LogP contribution >= 0.6 is 0 Å². The van der Waals surface area contributed by atoms with Gasteiger partial charge in [-0.05, 0) is 19.3 Å². The summed E-state index contributed by atoms with van der Waals surface area (Å²) in [6.07, 6.45) is 4.25. The average molecular weight is 299 g/mol. The number of aliphatic hydroxyl groups is 1. The summed E-state index contributed by atoms with van der Waals surface area (Å²) in [6.45, 7) is 1.10. The highest BCUT2D eigenvalue weighted by Crippen LogP contribution is 2.27. The van der Waals surface area contributed by atoms with Crippen molar-refractivity contribution in [1.29, 1.82) is 0 Å². The molecule has 0 fully saturated rings. The maximum atomic E-state index is 12.3. The number of aliphatic hydroxyl groups excluding tert-OH is 1. The second kappa shape index (κ2) is 6.75. The van der Waals surface area contributed by atoms with E-state index < -0.39 is 0 Å². The molecule has 0 unspecified atom stereocenters. The van der Waals surface area contributed by atoms with Crippen molar-refractivity contribution in [3.8, 4) is 11.4 Å². The van der Waals surface area contributed by atoms with Crippen LogP contribution < -0.4 is 5.32 Å². The van der Waals surface area contributed by atoms with Gasteiger partial charge in [-0.1, -0.05) is 36.8 Å². The number of carbonyl (C=O) groups is 1. The molecule has 1 aliphatic rings. The van der Waals surface area contributed by atoms with E-state index in [9.17, 15) is 4.79 Å². The lowest BCUT2D eigenvalue weighted by atomic mass is 10.1. The third kappa shape index (κ3) is 2.90. The standard InChI is InChI=1S/C17H21N3O2/c21-12-10-18-17(22)15-14-9-5-2-6-11-20(14)16(19-15)13-7-3-1-4-8-13/h1,3-4,7-8,21H,2,5-6,9-12H2,(H,18,22). The molecule has 1 aromatic heterocycles. The van der Waals surface area contributed by atoms with Crippen molar-refractivity contribution in [2.75, 3.05) is 13.2 Å². The lowest BCUT2D eigenvalue weighted by Gasteiger charge is -2.08. The van der Waals surface area contributed by atoms with Crippen LogP contribution in [0.25, 0.3) is 11.4 Å². The van der Waals surface area contributed by atoms with Crippen LogP contribution in [0.15, 0.2) is 30.3 Å². The minimum atomic E-state index is -0.193. The van der Waals surface area contributed by atoms with Gasteiger partial charge in [0.1, 0.15) is 11.5 Å². The van der Waals surface area contributed by atoms with E-state index in [1.54, 1.807) is 0 Å². The summed E-state index contributed by atoms with van der Waals surface area (Å²) in [6, 6.07) is 9.99. The Morgan fingerprint density at radius 1 is 1.23 bits per heavy atom. The third-order valence-corrected chi connectivity index (χ3v) is 4.01. The zero-order valence-corrected chi connectivity index (χ0v) is 12.6. The van der Waals surface area contributed by atoms with E-state index in [0.29, 0.717) is 5.69 Å². The van der Waals surface area contributed by atoms with Gasteiger partial charge in [0.2, 0.25) is 0 Å². The molecule has 0 saturated carbocycles. The Bertz CT molecular complexity index is 649. The maximum absolute atomic E-state index is 12.3. The Morgan fingerprint density at radius 3 is 2.82 bits per heavy atom. The van der Waals surface area contributed by atoms with Gasteiger partial charge in [0.25, 0.3) is 5.91 Å². The van der Waals surface area contributed by atoms with Crippen molar-refractivity contribution in [2.45, 2.75) is 32.2 Å². The Balaban J connectivity index is 2.04. The highest BCUT2D eigenvalue weighted by atomic mass is 16.3. The number of nitrogens with zero attached hydrogens (tertiary/aromatic N) is 2. The van der Waals surface area contributed by atoms with Gasteiger partial charge >= 0.3 is 0 Å². The molecule has 1 aliphatic heterocycles. The number of nitrogens with one attached hydrogen (secondary N) is 1. The zero-order chi connectivity index (χ0) is 15.4. The zero-order valence-electron chi connectivity index (χ0n) is 12.6. The predicted octanol–water partition coefficient (Wildman–Crippen LogP) is 2.00. The summed E-state index contributed by atoms with van der Waals surface area (Å²) in [7, 11) is 0. The summed E-state index contributed by atoms with van der Waals surface area (Å²) in [4.78, 5) is 17.0. The monoisotopic (exact) mass is 299 g/mol. The Morgan fingerprint density at radius 2 is 2.05 bits per heavy atom. The Kier molecular flexibility index (Phi) is 4.53. The van der Waals surface area contributed by atoms with E-state index in [-0.39, 0.29) is 19.1 Å². The van der Waals surface area contributed by atoms with Crippen molar-refractivity contribution in [3.05, 3.63) is 41.7 Å². The molecule has 2 heterocycles. The van der Waals surface area contributed by atoms with Gasteiger partial charge in [-0.2, -0.15) is 0 Å². The molecule has 1 amide bonds. The SMILES string of the molecule is O=C(NCCO)c1nc(-c2ccccc2)n2c1CCCCC2. The third-order valence-electron chi connectivity index (χ3n) is 4.01. The van der Waals surface area contributed by atoms with E-state index in [4.69, 9.17) is 5.11 Å². The van der Waals surface area contributed by atoms with Gasteiger partial charge in [-0.25, -0.2) is 4.98 Å². The highest BCUT2D eigenvalue weighted by molar-refractivity contribution is 5.94. The molecule has 0 radical (unpaired) electrons.